The molecule has 1 aromatic heterocycles. The Morgan fingerprint density at radius 3 is 2.00 bits per heavy atom. The van der Waals surface area contributed by atoms with Gasteiger partial charge in [0.1, 0.15) is 23.3 Å². The summed E-state index contributed by atoms with van der Waals surface area (Å²) >= 11 is 0. The minimum atomic E-state index is -1.01. The molecule has 0 amide bonds. The van der Waals surface area contributed by atoms with Gasteiger partial charge in [-0.05, 0) is 29.8 Å². The van der Waals surface area contributed by atoms with Gasteiger partial charge in [0.05, 0.1) is 17.5 Å². The molecule has 2 nitrogen and oxygen atoms in total. The first-order chi connectivity index (χ1) is 10.6. The maximum atomic E-state index is 14.2. The number of halogens is 4. The van der Waals surface area contributed by atoms with Crippen molar-refractivity contribution in [3.05, 3.63) is 77.9 Å². The highest BCUT2D eigenvalue weighted by Gasteiger charge is 2.20. The van der Waals surface area contributed by atoms with Crippen molar-refractivity contribution in [1.82, 2.24) is 9.55 Å². The molecule has 112 valence electrons. The van der Waals surface area contributed by atoms with Crippen molar-refractivity contribution in [2.75, 3.05) is 0 Å². The Kier molecular flexibility index (Phi) is 3.66. The number of nitrogens with zero attached hydrogens (tertiary/aromatic N) is 2. The summed E-state index contributed by atoms with van der Waals surface area (Å²) in [5, 5.41) is 0. The van der Waals surface area contributed by atoms with Crippen molar-refractivity contribution < 1.29 is 17.6 Å². The number of hydrogen-bond donors (Lipinski definition) is 0. The molecule has 3 rings (SSSR count). The van der Waals surface area contributed by atoms with E-state index in [-0.39, 0.29) is 6.54 Å². The molecular weight excluding hydrogens is 296 g/mol. The molecule has 0 aliphatic carbocycles. The molecule has 0 N–H and O–H groups in total. The van der Waals surface area contributed by atoms with E-state index >= 15 is 0 Å². The molecule has 22 heavy (non-hydrogen) atoms. The van der Waals surface area contributed by atoms with Crippen molar-refractivity contribution >= 4 is 0 Å². The van der Waals surface area contributed by atoms with Gasteiger partial charge in [-0.3, -0.25) is 0 Å². The molecule has 0 aliphatic rings. The van der Waals surface area contributed by atoms with Crippen molar-refractivity contribution in [3.8, 4) is 11.1 Å². The molecular formula is C16H10F4N2. The number of imidazole rings is 1. The average Bonchev–Trinajstić information content (AvgIpc) is 2.94. The quantitative estimate of drug-likeness (QED) is 0.665. The van der Waals surface area contributed by atoms with Crippen molar-refractivity contribution in [2.24, 2.45) is 0 Å². The fourth-order valence-corrected chi connectivity index (χ4v) is 2.28. The lowest BCUT2D eigenvalue weighted by Crippen LogP contribution is -2.02. The third kappa shape index (κ3) is 2.59. The van der Waals surface area contributed by atoms with Gasteiger partial charge >= 0.3 is 0 Å². The maximum absolute atomic E-state index is 14.2. The van der Waals surface area contributed by atoms with Gasteiger partial charge in [-0.25, -0.2) is 22.5 Å². The van der Waals surface area contributed by atoms with Crippen LogP contribution in [0.1, 0.15) is 5.56 Å². The van der Waals surface area contributed by atoms with Gasteiger partial charge in [-0.15, -0.1) is 0 Å². The standard InChI is InChI=1S/C16H10F4N2/c17-11-2-1-3-12(18)15(11)16-13(19)6-10(7-14(16)20)8-22-5-4-21-9-22/h1-7,9H,8H2. The Balaban J connectivity index is 2.07. The zero-order chi connectivity index (χ0) is 15.7. The molecule has 0 saturated carbocycles. The molecule has 1 heterocycles. The first-order valence-corrected chi connectivity index (χ1v) is 6.44. The van der Waals surface area contributed by atoms with Crippen LogP contribution in [0, 0.1) is 23.3 Å². The van der Waals surface area contributed by atoms with Crippen molar-refractivity contribution in [3.63, 3.8) is 0 Å². The maximum Gasteiger partial charge on any atom is 0.134 e. The number of aromatic nitrogens is 2. The Morgan fingerprint density at radius 1 is 0.864 bits per heavy atom. The zero-order valence-corrected chi connectivity index (χ0v) is 11.2. The predicted molar refractivity (Wildman–Crippen MR) is 73.0 cm³/mol. The summed E-state index contributed by atoms with van der Waals surface area (Å²) in [5.41, 5.74) is -1.08. The van der Waals surface area contributed by atoms with Gasteiger partial charge in [-0.1, -0.05) is 6.07 Å². The fraction of sp³-hybridized carbons (Fsp3) is 0.0625. The van der Waals surface area contributed by atoms with Crippen LogP contribution in [-0.4, -0.2) is 9.55 Å². The molecule has 0 radical (unpaired) electrons. The fourth-order valence-electron chi connectivity index (χ4n) is 2.28. The van der Waals surface area contributed by atoms with Crippen molar-refractivity contribution in [1.29, 1.82) is 0 Å². The van der Waals surface area contributed by atoms with E-state index in [1.165, 1.54) is 12.5 Å². The SMILES string of the molecule is Fc1cccc(F)c1-c1c(F)cc(Cn2ccnc2)cc1F. The summed E-state index contributed by atoms with van der Waals surface area (Å²) in [6.07, 6.45) is 4.68. The summed E-state index contributed by atoms with van der Waals surface area (Å²) in [5.74, 6) is -4.06. The second-order valence-electron chi connectivity index (χ2n) is 4.77. The Morgan fingerprint density at radius 2 is 1.45 bits per heavy atom. The van der Waals surface area contributed by atoms with Crippen LogP contribution in [0.15, 0.2) is 49.1 Å². The third-order valence-corrected chi connectivity index (χ3v) is 3.24. The van der Waals surface area contributed by atoms with E-state index in [0.29, 0.717) is 5.56 Å². The number of benzene rings is 2. The van der Waals surface area contributed by atoms with Crippen LogP contribution in [0.5, 0.6) is 0 Å². The van der Waals surface area contributed by atoms with Crippen LogP contribution in [0.2, 0.25) is 0 Å². The first kappa shape index (κ1) is 14.3. The Hall–Kier alpha value is -2.63. The van der Waals surface area contributed by atoms with E-state index in [9.17, 15) is 17.6 Å². The largest absolute Gasteiger partial charge is 0.333 e. The van der Waals surface area contributed by atoms with E-state index in [0.717, 1.165) is 30.3 Å². The van der Waals surface area contributed by atoms with Crippen molar-refractivity contribution in [2.45, 2.75) is 6.54 Å². The summed E-state index contributed by atoms with van der Waals surface area (Å²) in [6, 6.07) is 5.17. The molecule has 0 unspecified atom stereocenters. The van der Waals surface area contributed by atoms with Crippen LogP contribution in [0.3, 0.4) is 0 Å². The molecule has 0 saturated heterocycles. The van der Waals surface area contributed by atoms with Crippen LogP contribution in [-0.2, 0) is 6.54 Å². The average molecular weight is 306 g/mol. The Labute approximate surface area is 123 Å². The molecule has 0 atom stereocenters. The summed E-state index contributed by atoms with van der Waals surface area (Å²) in [6.45, 7) is 0.202. The normalized spacial score (nSPS) is 10.9. The summed E-state index contributed by atoms with van der Waals surface area (Å²) in [7, 11) is 0. The monoisotopic (exact) mass is 306 g/mol. The predicted octanol–water partition coefficient (Wildman–Crippen LogP) is 4.15. The van der Waals surface area contributed by atoms with Gasteiger partial charge < -0.3 is 4.57 Å². The summed E-state index contributed by atoms with van der Waals surface area (Å²) in [4.78, 5) is 3.83. The van der Waals surface area contributed by atoms with E-state index in [1.54, 1.807) is 10.8 Å². The van der Waals surface area contributed by atoms with Gasteiger partial charge in [0.15, 0.2) is 0 Å². The van der Waals surface area contributed by atoms with E-state index in [2.05, 4.69) is 4.98 Å². The second-order valence-corrected chi connectivity index (χ2v) is 4.77. The highest BCUT2D eigenvalue weighted by molar-refractivity contribution is 5.66. The third-order valence-electron chi connectivity index (χ3n) is 3.24. The smallest absolute Gasteiger partial charge is 0.134 e. The van der Waals surface area contributed by atoms with Gasteiger partial charge in [0, 0.05) is 18.9 Å². The number of rotatable bonds is 3. The van der Waals surface area contributed by atoms with Crippen LogP contribution >= 0.6 is 0 Å². The highest BCUT2D eigenvalue weighted by atomic mass is 19.1. The van der Waals surface area contributed by atoms with Crippen LogP contribution in [0.4, 0.5) is 17.6 Å². The summed E-state index contributed by atoms with van der Waals surface area (Å²) < 4.78 is 57.4. The zero-order valence-electron chi connectivity index (χ0n) is 11.2. The lowest BCUT2D eigenvalue weighted by molar-refractivity contribution is 0.561. The van der Waals surface area contributed by atoms with Gasteiger partial charge in [-0.2, -0.15) is 0 Å². The lowest BCUT2D eigenvalue weighted by atomic mass is 10.0. The molecule has 0 fully saturated rings. The lowest BCUT2D eigenvalue weighted by Gasteiger charge is -2.10. The minimum absolute atomic E-state index is 0.202. The second kappa shape index (κ2) is 5.63. The first-order valence-electron chi connectivity index (χ1n) is 6.44. The van der Waals surface area contributed by atoms with E-state index < -0.39 is 34.4 Å². The molecule has 2 aromatic carbocycles. The molecule has 0 spiro atoms. The van der Waals surface area contributed by atoms with E-state index in [4.69, 9.17) is 0 Å². The van der Waals surface area contributed by atoms with Gasteiger partial charge in [0.2, 0.25) is 0 Å². The van der Waals surface area contributed by atoms with Crippen LogP contribution < -0.4 is 0 Å². The van der Waals surface area contributed by atoms with E-state index in [1.807, 2.05) is 0 Å². The highest BCUT2D eigenvalue weighted by Crippen LogP contribution is 2.31. The molecule has 0 bridgehead atoms. The number of hydrogen-bond acceptors (Lipinski definition) is 1. The Bertz CT molecular complexity index is 770. The molecule has 0 aliphatic heterocycles. The molecule has 6 heteroatoms. The van der Waals surface area contributed by atoms with Gasteiger partial charge in [0.25, 0.3) is 0 Å². The molecule has 3 aromatic rings. The topological polar surface area (TPSA) is 17.8 Å². The van der Waals surface area contributed by atoms with Crippen LogP contribution in [0.25, 0.3) is 11.1 Å². The minimum Gasteiger partial charge on any atom is -0.333 e.